The van der Waals surface area contributed by atoms with Crippen LogP contribution < -0.4 is 4.74 Å². The lowest BCUT2D eigenvalue weighted by Gasteiger charge is -2.11. The molecule has 0 spiro atoms. The number of benzene rings is 2. The largest absolute Gasteiger partial charge is 0.514 e. The molecule has 0 aliphatic carbocycles. The second-order valence-corrected chi connectivity index (χ2v) is 5.62. The van der Waals surface area contributed by atoms with Gasteiger partial charge in [-0.15, -0.1) is 0 Å². The lowest BCUT2D eigenvalue weighted by molar-refractivity contribution is -0.384. The molecule has 2 rings (SSSR count). The predicted molar refractivity (Wildman–Crippen MR) is 93.0 cm³/mol. The normalized spacial score (nSPS) is 11.3. The monoisotopic (exact) mass is 389 g/mol. The maximum absolute atomic E-state index is 11.7. The second-order valence-electron chi connectivity index (χ2n) is 5.62. The Morgan fingerprint density at radius 3 is 2.11 bits per heavy atom. The molecule has 0 fully saturated rings. The zero-order valence-electron chi connectivity index (χ0n) is 14.3. The van der Waals surface area contributed by atoms with Crippen LogP contribution in [0.2, 0.25) is 0 Å². The van der Waals surface area contributed by atoms with Crippen molar-refractivity contribution in [2.75, 3.05) is 0 Å². The molecule has 10 nitrogen and oxygen atoms in total. The molecule has 1 unspecified atom stereocenters. The van der Waals surface area contributed by atoms with Crippen molar-refractivity contribution in [3.63, 3.8) is 0 Å². The number of carbonyl (C=O) groups excluding carboxylic acids is 1. The van der Waals surface area contributed by atoms with Crippen LogP contribution in [0.5, 0.6) is 5.75 Å². The van der Waals surface area contributed by atoms with E-state index in [4.69, 9.17) is 19.7 Å². The van der Waals surface area contributed by atoms with Gasteiger partial charge in [0.1, 0.15) is 12.4 Å². The lowest BCUT2D eigenvalue weighted by Crippen LogP contribution is -2.16. The van der Waals surface area contributed by atoms with E-state index in [9.17, 15) is 24.5 Å². The minimum absolute atomic E-state index is 0.0731. The van der Waals surface area contributed by atoms with Crippen molar-refractivity contribution in [1.82, 2.24) is 0 Å². The molecule has 0 aromatic heterocycles. The molecular weight excluding hydrogens is 374 g/mol. The molecule has 0 saturated heterocycles. The van der Waals surface area contributed by atoms with E-state index in [0.717, 1.165) is 0 Å². The number of carboxylic acid groups (broad SMARTS) is 2. The van der Waals surface area contributed by atoms with Gasteiger partial charge in [0.05, 0.1) is 17.3 Å². The highest BCUT2D eigenvalue weighted by Gasteiger charge is 2.23. The maximum Gasteiger partial charge on any atom is 0.514 e. The van der Waals surface area contributed by atoms with Crippen molar-refractivity contribution in [1.29, 1.82) is 0 Å². The third-order valence-corrected chi connectivity index (χ3v) is 3.66. The molecule has 0 aliphatic rings. The Kier molecular flexibility index (Phi) is 6.63. The molecule has 0 aliphatic heterocycles. The molecule has 0 amide bonds. The van der Waals surface area contributed by atoms with Crippen molar-refractivity contribution in [2.24, 2.45) is 0 Å². The Morgan fingerprint density at radius 2 is 1.61 bits per heavy atom. The van der Waals surface area contributed by atoms with Gasteiger partial charge in [-0.1, -0.05) is 24.3 Å². The van der Waals surface area contributed by atoms with Gasteiger partial charge < -0.3 is 19.7 Å². The van der Waals surface area contributed by atoms with Crippen LogP contribution in [0, 0.1) is 10.1 Å². The number of nitrogens with zero attached hydrogens (tertiary/aromatic N) is 1. The SMILES string of the molecule is O=C(O)CC(C(=O)O)c1ccc(COC(=O)Oc2ccc([N+](=O)[O-])cc2)cc1. The summed E-state index contributed by atoms with van der Waals surface area (Å²) in [5, 5.41) is 28.5. The highest BCUT2D eigenvalue weighted by Crippen LogP contribution is 2.21. The fourth-order valence-corrected chi connectivity index (χ4v) is 2.27. The summed E-state index contributed by atoms with van der Waals surface area (Å²) in [5.74, 6) is -3.59. The summed E-state index contributed by atoms with van der Waals surface area (Å²) in [7, 11) is 0. The van der Waals surface area contributed by atoms with Gasteiger partial charge in [0.2, 0.25) is 0 Å². The van der Waals surface area contributed by atoms with E-state index in [2.05, 4.69) is 0 Å². The van der Waals surface area contributed by atoms with Crippen LogP contribution >= 0.6 is 0 Å². The van der Waals surface area contributed by atoms with Crippen molar-refractivity contribution in [3.05, 3.63) is 69.8 Å². The average molecular weight is 389 g/mol. The third-order valence-electron chi connectivity index (χ3n) is 3.66. The van der Waals surface area contributed by atoms with E-state index in [-0.39, 0.29) is 18.0 Å². The average Bonchev–Trinajstić information content (AvgIpc) is 2.65. The molecule has 1 atom stereocenters. The molecular formula is C18H15NO9. The topological polar surface area (TPSA) is 153 Å². The molecule has 146 valence electrons. The zero-order valence-corrected chi connectivity index (χ0v) is 14.3. The van der Waals surface area contributed by atoms with Gasteiger partial charge in [-0.3, -0.25) is 19.7 Å². The van der Waals surface area contributed by atoms with Crippen LogP contribution in [0.25, 0.3) is 0 Å². The smallest absolute Gasteiger partial charge is 0.481 e. The number of ether oxygens (including phenoxy) is 2. The summed E-state index contributed by atoms with van der Waals surface area (Å²) in [4.78, 5) is 43.6. The highest BCUT2D eigenvalue weighted by atomic mass is 16.7. The van der Waals surface area contributed by atoms with E-state index >= 15 is 0 Å². The number of rotatable bonds is 8. The molecule has 28 heavy (non-hydrogen) atoms. The summed E-state index contributed by atoms with van der Waals surface area (Å²) in [6, 6.07) is 10.8. The van der Waals surface area contributed by atoms with Gasteiger partial charge in [-0.25, -0.2) is 4.79 Å². The molecule has 2 aromatic rings. The lowest BCUT2D eigenvalue weighted by atomic mass is 9.95. The Morgan fingerprint density at radius 1 is 1.00 bits per heavy atom. The Bertz CT molecular complexity index is 875. The quantitative estimate of drug-likeness (QED) is 0.300. The number of carbonyl (C=O) groups is 3. The summed E-state index contributed by atoms with van der Waals surface area (Å²) in [6.07, 6.45) is -1.57. The number of nitro benzene ring substituents is 1. The van der Waals surface area contributed by atoms with Crippen molar-refractivity contribution in [3.8, 4) is 5.75 Å². The van der Waals surface area contributed by atoms with Gasteiger partial charge in [-0.2, -0.15) is 0 Å². The number of hydrogen-bond donors (Lipinski definition) is 2. The first-order chi connectivity index (χ1) is 13.3. The van der Waals surface area contributed by atoms with E-state index in [1.165, 1.54) is 48.5 Å². The van der Waals surface area contributed by atoms with Crippen molar-refractivity contribution in [2.45, 2.75) is 18.9 Å². The Balaban J connectivity index is 1.91. The fraction of sp³-hybridized carbons (Fsp3) is 0.167. The highest BCUT2D eigenvalue weighted by molar-refractivity contribution is 5.82. The van der Waals surface area contributed by atoms with Gasteiger partial charge in [0, 0.05) is 12.1 Å². The molecule has 0 saturated carbocycles. The summed E-state index contributed by atoms with van der Waals surface area (Å²) in [6.45, 7) is -0.164. The Hall–Kier alpha value is -3.95. The molecule has 2 aromatic carbocycles. The van der Waals surface area contributed by atoms with Crippen molar-refractivity contribution >= 4 is 23.8 Å². The summed E-state index contributed by atoms with van der Waals surface area (Å²) >= 11 is 0. The minimum Gasteiger partial charge on any atom is -0.481 e. The van der Waals surface area contributed by atoms with Crippen LogP contribution in [0.4, 0.5) is 10.5 Å². The Labute approximate surface area is 158 Å². The minimum atomic E-state index is -1.25. The molecule has 0 radical (unpaired) electrons. The van der Waals surface area contributed by atoms with Gasteiger partial charge in [0.15, 0.2) is 0 Å². The summed E-state index contributed by atoms with van der Waals surface area (Å²) < 4.78 is 9.80. The zero-order chi connectivity index (χ0) is 20.7. The molecule has 0 heterocycles. The van der Waals surface area contributed by atoms with Gasteiger partial charge in [0.25, 0.3) is 5.69 Å². The van der Waals surface area contributed by atoms with E-state index in [0.29, 0.717) is 11.1 Å². The van der Waals surface area contributed by atoms with Crippen LogP contribution in [0.15, 0.2) is 48.5 Å². The predicted octanol–water partition coefficient (Wildman–Crippen LogP) is 2.95. The second kappa shape index (κ2) is 9.12. The first-order valence-electron chi connectivity index (χ1n) is 7.88. The standard InChI is InChI=1S/C18H15NO9/c20-16(21)9-15(17(22)23)12-3-1-11(2-4-12)10-27-18(24)28-14-7-5-13(6-8-14)19(25)26/h1-8,15H,9-10H2,(H,20,21)(H,22,23). The van der Waals surface area contributed by atoms with Gasteiger partial charge in [-0.05, 0) is 23.3 Å². The third kappa shape index (κ3) is 5.80. The first kappa shape index (κ1) is 20.4. The fourth-order valence-electron chi connectivity index (χ4n) is 2.27. The number of aliphatic carboxylic acids is 2. The number of nitro groups is 1. The number of non-ortho nitro benzene ring substituents is 1. The van der Waals surface area contributed by atoms with Crippen molar-refractivity contribution < 1.29 is 39.0 Å². The molecule has 2 N–H and O–H groups in total. The molecule has 0 bridgehead atoms. The van der Waals surface area contributed by atoms with E-state index < -0.39 is 35.4 Å². The number of carboxylic acids is 2. The first-order valence-corrected chi connectivity index (χ1v) is 7.88. The van der Waals surface area contributed by atoms with Gasteiger partial charge >= 0.3 is 18.1 Å². The van der Waals surface area contributed by atoms with Crippen LogP contribution in [0.3, 0.4) is 0 Å². The van der Waals surface area contributed by atoms with Crippen LogP contribution in [-0.2, 0) is 20.9 Å². The maximum atomic E-state index is 11.7. The number of hydrogen-bond acceptors (Lipinski definition) is 7. The summed E-state index contributed by atoms with van der Waals surface area (Å²) in [5.41, 5.74) is 0.694. The molecule has 10 heteroatoms. The van der Waals surface area contributed by atoms with Crippen LogP contribution in [-0.4, -0.2) is 33.2 Å². The van der Waals surface area contributed by atoms with E-state index in [1.54, 1.807) is 0 Å². The van der Waals surface area contributed by atoms with Crippen LogP contribution in [0.1, 0.15) is 23.5 Å². The van der Waals surface area contributed by atoms with E-state index in [1.807, 2.05) is 0 Å².